The van der Waals surface area contributed by atoms with Crippen LogP contribution in [0.3, 0.4) is 0 Å². The van der Waals surface area contributed by atoms with Gasteiger partial charge in [0.1, 0.15) is 5.82 Å². The highest BCUT2D eigenvalue weighted by atomic mass is 19.1. The van der Waals surface area contributed by atoms with Gasteiger partial charge >= 0.3 is 0 Å². The molecule has 0 saturated heterocycles. The van der Waals surface area contributed by atoms with Crippen LogP contribution in [-0.2, 0) is 16.0 Å². The molecule has 12 nitrogen and oxygen atoms in total. The van der Waals surface area contributed by atoms with Crippen molar-refractivity contribution in [3.05, 3.63) is 65.5 Å². The van der Waals surface area contributed by atoms with Gasteiger partial charge in [-0.1, -0.05) is 12.1 Å². The van der Waals surface area contributed by atoms with Crippen molar-refractivity contribution < 1.29 is 23.8 Å². The molecule has 204 valence electrons. The second-order valence-corrected chi connectivity index (χ2v) is 7.91. The highest BCUT2D eigenvalue weighted by Gasteiger charge is 2.09. The normalized spacial score (nSPS) is 10.7. The van der Waals surface area contributed by atoms with Gasteiger partial charge in [-0.2, -0.15) is 15.0 Å². The Labute approximate surface area is 220 Å². The first kappa shape index (κ1) is 28.7. The number of nitrogens with zero attached hydrogens (tertiary/aromatic N) is 3. The molecule has 0 aliphatic carbocycles. The van der Waals surface area contributed by atoms with Gasteiger partial charge in [-0.05, 0) is 42.0 Å². The first-order valence-corrected chi connectivity index (χ1v) is 12.2. The second-order valence-electron chi connectivity index (χ2n) is 7.91. The highest BCUT2D eigenvalue weighted by Crippen LogP contribution is 2.17. The van der Waals surface area contributed by atoms with Crippen molar-refractivity contribution in [2.75, 3.05) is 68.6 Å². The first-order valence-electron chi connectivity index (χ1n) is 12.2. The number of benzene rings is 2. The smallest absolute Gasteiger partial charge is 0.251 e. The molecular formula is C25H33FN8O4. The molecule has 0 bridgehead atoms. The van der Waals surface area contributed by atoms with E-state index in [9.17, 15) is 9.18 Å². The number of rotatable bonds is 17. The van der Waals surface area contributed by atoms with E-state index >= 15 is 0 Å². The third-order valence-corrected chi connectivity index (χ3v) is 4.94. The van der Waals surface area contributed by atoms with Crippen LogP contribution in [-0.4, -0.2) is 78.6 Å². The second kappa shape index (κ2) is 16.0. The molecule has 2 aromatic carbocycles. The zero-order valence-electron chi connectivity index (χ0n) is 21.0. The van der Waals surface area contributed by atoms with Crippen molar-refractivity contribution in [1.82, 2.24) is 20.3 Å². The third kappa shape index (κ3) is 10.2. The number of aromatic nitrogens is 3. The first-order chi connectivity index (χ1) is 18.6. The van der Waals surface area contributed by atoms with E-state index in [1.165, 1.54) is 12.1 Å². The number of carbonyl (C=O) groups excluding carboxylic acids is 1. The number of aliphatic hydroxyl groups excluding tert-OH is 1. The molecule has 0 saturated carbocycles. The summed E-state index contributed by atoms with van der Waals surface area (Å²) in [5, 5.41) is 21.0. The highest BCUT2D eigenvalue weighted by molar-refractivity contribution is 5.94. The van der Waals surface area contributed by atoms with Gasteiger partial charge in [0.25, 0.3) is 5.91 Å². The van der Waals surface area contributed by atoms with Crippen molar-refractivity contribution in [3.63, 3.8) is 0 Å². The number of hydrogen-bond donors (Lipinski definition) is 6. The summed E-state index contributed by atoms with van der Waals surface area (Å²) < 4.78 is 24.1. The fraction of sp³-hybridized carbons (Fsp3) is 0.360. The quantitative estimate of drug-likeness (QED) is 0.140. The molecule has 0 fully saturated rings. The van der Waals surface area contributed by atoms with Crippen LogP contribution >= 0.6 is 0 Å². The molecule has 0 unspecified atom stereocenters. The Hall–Kier alpha value is -3.91. The van der Waals surface area contributed by atoms with E-state index in [1.807, 2.05) is 0 Å². The Bertz CT molecular complexity index is 1140. The lowest BCUT2D eigenvalue weighted by molar-refractivity contribution is 0.0511. The Kier molecular flexibility index (Phi) is 12.1. The number of anilines is 4. The van der Waals surface area contributed by atoms with Crippen LogP contribution in [0, 0.1) is 5.82 Å². The summed E-state index contributed by atoms with van der Waals surface area (Å²) in [6, 6.07) is 13.0. The van der Waals surface area contributed by atoms with Gasteiger partial charge in [0, 0.05) is 37.4 Å². The Morgan fingerprint density at radius 1 is 0.895 bits per heavy atom. The predicted molar refractivity (Wildman–Crippen MR) is 142 cm³/mol. The van der Waals surface area contributed by atoms with E-state index in [0.29, 0.717) is 57.3 Å². The number of nitrogens with two attached hydrogens (primary N) is 1. The van der Waals surface area contributed by atoms with Crippen molar-refractivity contribution in [3.8, 4) is 0 Å². The third-order valence-electron chi connectivity index (χ3n) is 4.94. The van der Waals surface area contributed by atoms with E-state index < -0.39 is 0 Å². The lowest BCUT2D eigenvalue weighted by Crippen LogP contribution is -2.27. The van der Waals surface area contributed by atoms with Gasteiger partial charge < -0.3 is 41.6 Å². The summed E-state index contributed by atoms with van der Waals surface area (Å²) in [4.78, 5) is 25.3. The SMILES string of the molecule is NCCOCCOCCNC(=O)c1ccc(Nc2nc(NCCO)nc(NCc3cccc(F)c3)n2)cc1. The lowest BCUT2D eigenvalue weighted by atomic mass is 10.2. The van der Waals surface area contributed by atoms with Crippen molar-refractivity contribution in [2.45, 2.75) is 6.54 Å². The fourth-order valence-corrected chi connectivity index (χ4v) is 3.16. The van der Waals surface area contributed by atoms with Crippen LogP contribution in [0.25, 0.3) is 0 Å². The average molecular weight is 529 g/mol. The van der Waals surface area contributed by atoms with E-state index in [4.69, 9.17) is 20.3 Å². The van der Waals surface area contributed by atoms with E-state index in [-0.39, 0.29) is 42.7 Å². The zero-order valence-corrected chi connectivity index (χ0v) is 21.0. The number of ether oxygens (including phenoxy) is 2. The minimum absolute atomic E-state index is 0.0979. The molecule has 0 radical (unpaired) electrons. The summed E-state index contributed by atoms with van der Waals surface area (Å²) in [5.74, 6) is 0.201. The zero-order chi connectivity index (χ0) is 27.0. The van der Waals surface area contributed by atoms with Crippen LogP contribution < -0.4 is 27.0 Å². The standard InChI is InChI=1S/C25H33FN8O4/c26-20-3-1-2-18(16-20)17-30-24-32-23(29-9-11-35)33-25(34-24)31-21-6-4-19(5-7-21)22(36)28-10-13-38-15-14-37-12-8-27/h1-7,16,35H,8-15,17,27H2,(H,28,36)(H3,29,30,31,32,33,34). The summed E-state index contributed by atoms with van der Waals surface area (Å²) in [5.41, 5.74) is 7.20. The van der Waals surface area contributed by atoms with Crippen LogP contribution in [0.4, 0.5) is 27.9 Å². The number of halogens is 1. The Balaban J connectivity index is 1.54. The van der Waals surface area contributed by atoms with Gasteiger partial charge in [-0.3, -0.25) is 4.79 Å². The van der Waals surface area contributed by atoms with Crippen LogP contribution in [0.15, 0.2) is 48.5 Å². The largest absolute Gasteiger partial charge is 0.395 e. The molecule has 13 heteroatoms. The summed E-state index contributed by atoms with van der Waals surface area (Å²) in [6.45, 7) is 3.07. The van der Waals surface area contributed by atoms with Crippen LogP contribution in [0.1, 0.15) is 15.9 Å². The topological polar surface area (TPSA) is 169 Å². The monoisotopic (exact) mass is 528 g/mol. The molecule has 3 aromatic rings. The Morgan fingerprint density at radius 2 is 1.61 bits per heavy atom. The molecule has 1 aromatic heterocycles. The van der Waals surface area contributed by atoms with Gasteiger partial charge in [0.05, 0.1) is 33.0 Å². The molecule has 0 spiro atoms. The van der Waals surface area contributed by atoms with Gasteiger partial charge in [-0.25, -0.2) is 4.39 Å². The van der Waals surface area contributed by atoms with E-state index in [2.05, 4.69) is 36.2 Å². The van der Waals surface area contributed by atoms with E-state index in [1.54, 1.807) is 36.4 Å². The van der Waals surface area contributed by atoms with E-state index in [0.717, 1.165) is 5.56 Å². The maximum atomic E-state index is 13.5. The molecule has 1 amide bonds. The van der Waals surface area contributed by atoms with Crippen LogP contribution in [0.5, 0.6) is 0 Å². The molecule has 0 aliphatic rings. The average Bonchev–Trinajstić information content (AvgIpc) is 2.92. The maximum Gasteiger partial charge on any atom is 0.251 e. The Morgan fingerprint density at radius 3 is 2.32 bits per heavy atom. The summed E-state index contributed by atoms with van der Waals surface area (Å²) in [7, 11) is 0. The van der Waals surface area contributed by atoms with Gasteiger partial charge in [0.15, 0.2) is 0 Å². The molecular weight excluding hydrogens is 495 g/mol. The van der Waals surface area contributed by atoms with Gasteiger partial charge in [0.2, 0.25) is 17.8 Å². The molecule has 1 heterocycles. The summed E-state index contributed by atoms with van der Waals surface area (Å²) in [6.07, 6.45) is 0. The molecule has 0 atom stereocenters. The van der Waals surface area contributed by atoms with Gasteiger partial charge in [-0.15, -0.1) is 0 Å². The number of amides is 1. The minimum Gasteiger partial charge on any atom is -0.395 e. The minimum atomic E-state index is -0.331. The molecule has 3 rings (SSSR count). The predicted octanol–water partition coefficient (Wildman–Crippen LogP) is 1.49. The number of carbonyl (C=O) groups is 1. The van der Waals surface area contributed by atoms with Crippen molar-refractivity contribution in [1.29, 1.82) is 0 Å². The number of nitrogens with one attached hydrogen (secondary N) is 4. The van der Waals surface area contributed by atoms with Crippen LogP contribution in [0.2, 0.25) is 0 Å². The van der Waals surface area contributed by atoms with Crippen molar-refractivity contribution >= 4 is 29.4 Å². The van der Waals surface area contributed by atoms with Crippen molar-refractivity contribution in [2.24, 2.45) is 5.73 Å². The fourth-order valence-electron chi connectivity index (χ4n) is 3.16. The lowest BCUT2D eigenvalue weighted by Gasteiger charge is -2.12. The number of aliphatic hydroxyl groups is 1. The molecule has 38 heavy (non-hydrogen) atoms. The molecule has 7 N–H and O–H groups in total. The maximum absolute atomic E-state index is 13.5. The summed E-state index contributed by atoms with van der Waals surface area (Å²) >= 11 is 0. The molecule has 0 aliphatic heterocycles. The number of hydrogen-bond acceptors (Lipinski definition) is 11.